The highest BCUT2D eigenvalue weighted by Crippen LogP contribution is 2.06. The summed E-state index contributed by atoms with van der Waals surface area (Å²) in [6, 6.07) is 1.59. The molecule has 0 aliphatic carbocycles. The normalized spacial score (nSPS) is 13.5. The predicted octanol–water partition coefficient (Wildman–Crippen LogP) is -0.667. The highest BCUT2D eigenvalue weighted by Gasteiger charge is 2.35. The van der Waals surface area contributed by atoms with Gasteiger partial charge in [-0.05, 0) is 6.07 Å². The number of H-pyrrole nitrogens is 1. The second kappa shape index (κ2) is 5.26. The molecule has 1 aromatic rings. The number of carbonyl (C=O) groups is 3. The van der Waals surface area contributed by atoms with Crippen molar-refractivity contribution in [2.24, 2.45) is 5.73 Å². The summed E-state index contributed by atoms with van der Waals surface area (Å²) in [6.07, 6.45) is 3.44. The molecule has 1 heterocycles. The van der Waals surface area contributed by atoms with E-state index in [9.17, 15) is 14.4 Å². The predicted molar refractivity (Wildman–Crippen MR) is 60.8 cm³/mol. The summed E-state index contributed by atoms with van der Waals surface area (Å²) in [7, 11) is 0. The third-order valence-corrected chi connectivity index (χ3v) is 2.08. The zero-order valence-electron chi connectivity index (χ0n) is 9.32. The van der Waals surface area contributed by atoms with Gasteiger partial charge in [0.1, 0.15) is 0 Å². The maximum atomic E-state index is 11.7. The molecule has 0 aliphatic rings. The average Bonchev–Trinajstić information content (AvgIpc) is 2.81. The van der Waals surface area contributed by atoms with Gasteiger partial charge >= 0.3 is 0 Å². The molecule has 0 saturated heterocycles. The van der Waals surface area contributed by atoms with Crippen molar-refractivity contribution in [3.8, 4) is 0 Å². The van der Waals surface area contributed by atoms with E-state index in [-0.39, 0.29) is 12.7 Å². The number of carbonyl (C=O) groups excluding carboxylic acids is 3. The standard InChI is InChI=1S/C10H14N4O3/c1-2-8(16)14-10(11,6-15)9(17)13-7-3-4-12-5-7/h3-6,12H,2,11H2,1H3,(H,13,17)(H,14,16). The number of aldehydes is 1. The van der Waals surface area contributed by atoms with Crippen LogP contribution in [0.1, 0.15) is 13.3 Å². The lowest BCUT2D eigenvalue weighted by Crippen LogP contribution is -2.64. The number of amides is 2. The van der Waals surface area contributed by atoms with Crippen LogP contribution in [0.2, 0.25) is 0 Å². The molecule has 1 atom stereocenters. The number of aromatic nitrogens is 1. The van der Waals surface area contributed by atoms with E-state index in [0.717, 1.165) is 0 Å². The Morgan fingerprint density at radius 2 is 2.29 bits per heavy atom. The number of nitrogens with one attached hydrogen (secondary N) is 3. The average molecular weight is 238 g/mol. The van der Waals surface area contributed by atoms with Gasteiger partial charge in [-0.3, -0.25) is 20.1 Å². The minimum Gasteiger partial charge on any atom is -0.366 e. The SMILES string of the molecule is CCC(=O)NC(N)(C=O)C(=O)Nc1cc[nH]c1. The Bertz CT molecular complexity index is 415. The lowest BCUT2D eigenvalue weighted by molar-refractivity contribution is -0.134. The Kier molecular flexibility index (Phi) is 4.00. The van der Waals surface area contributed by atoms with Crippen LogP contribution < -0.4 is 16.4 Å². The monoisotopic (exact) mass is 238 g/mol. The highest BCUT2D eigenvalue weighted by molar-refractivity contribution is 6.10. The Morgan fingerprint density at radius 1 is 1.59 bits per heavy atom. The molecule has 0 aromatic carbocycles. The molecule has 1 rings (SSSR count). The van der Waals surface area contributed by atoms with E-state index < -0.39 is 17.5 Å². The Labute approximate surface area is 97.8 Å². The molecule has 0 radical (unpaired) electrons. The molecule has 0 fully saturated rings. The van der Waals surface area contributed by atoms with Gasteiger partial charge in [0.15, 0.2) is 6.29 Å². The van der Waals surface area contributed by atoms with E-state index >= 15 is 0 Å². The summed E-state index contributed by atoms with van der Waals surface area (Å²) in [5.74, 6) is -1.28. The first-order chi connectivity index (χ1) is 8.01. The van der Waals surface area contributed by atoms with Crippen LogP contribution in [0.15, 0.2) is 18.5 Å². The van der Waals surface area contributed by atoms with E-state index in [2.05, 4.69) is 15.6 Å². The van der Waals surface area contributed by atoms with Crippen molar-refractivity contribution in [3.05, 3.63) is 18.5 Å². The molecule has 0 saturated carbocycles. The Balaban J connectivity index is 2.75. The molecule has 0 aliphatic heterocycles. The Hall–Kier alpha value is -2.15. The van der Waals surface area contributed by atoms with E-state index in [0.29, 0.717) is 5.69 Å². The molecule has 17 heavy (non-hydrogen) atoms. The van der Waals surface area contributed by atoms with Crippen LogP contribution in [0, 0.1) is 0 Å². The van der Waals surface area contributed by atoms with Gasteiger partial charge in [-0.25, -0.2) is 0 Å². The van der Waals surface area contributed by atoms with E-state index in [4.69, 9.17) is 5.73 Å². The number of rotatable bonds is 5. The quantitative estimate of drug-likeness (QED) is 0.309. The second-order valence-corrected chi connectivity index (χ2v) is 3.44. The molecule has 0 spiro atoms. The van der Waals surface area contributed by atoms with Crippen LogP contribution in [0.4, 0.5) is 5.69 Å². The topological polar surface area (TPSA) is 117 Å². The summed E-state index contributed by atoms with van der Waals surface area (Å²) in [4.78, 5) is 36.4. The summed E-state index contributed by atoms with van der Waals surface area (Å²) in [5.41, 5.74) is 3.92. The number of hydrogen-bond donors (Lipinski definition) is 4. The van der Waals surface area contributed by atoms with Gasteiger partial charge in [-0.2, -0.15) is 0 Å². The maximum Gasteiger partial charge on any atom is 0.272 e. The molecule has 1 aromatic heterocycles. The van der Waals surface area contributed by atoms with Crippen molar-refractivity contribution < 1.29 is 14.4 Å². The largest absolute Gasteiger partial charge is 0.366 e. The molecule has 1 unspecified atom stereocenters. The van der Waals surface area contributed by atoms with Crippen LogP contribution in [0.3, 0.4) is 0 Å². The van der Waals surface area contributed by atoms with E-state index in [1.54, 1.807) is 19.2 Å². The maximum absolute atomic E-state index is 11.7. The van der Waals surface area contributed by atoms with Crippen molar-refractivity contribution in [1.29, 1.82) is 0 Å². The fraction of sp³-hybridized carbons (Fsp3) is 0.300. The lowest BCUT2D eigenvalue weighted by Gasteiger charge is -2.22. The zero-order chi connectivity index (χ0) is 12.9. The van der Waals surface area contributed by atoms with Gasteiger partial charge in [0, 0.05) is 18.8 Å². The third-order valence-electron chi connectivity index (χ3n) is 2.08. The summed E-state index contributed by atoms with van der Waals surface area (Å²) in [5, 5.41) is 4.56. The first kappa shape index (κ1) is 12.9. The van der Waals surface area contributed by atoms with Gasteiger partial charge in [0.2, 0.25) is 11.6 Å². The van der Waals surface area contributed by atoms with Crippen LogP contribution in [-0.2, 0) is 14.4 Å². The fourth-order valence-corrected chi connectivity index (χ4v) is 1.09. The smallest absolute Gasteiger partial charge is 0.272 e. The highest BCUT2D eigenvalue weighted by atomic mass is 16.2. The van der Waals surface area contributed by atoms with Crippen LogP contribution in [0.25, 0.3) is 0 Å². The molecule has 5 N–H and O–H groups in total. The zero-order valence-corrected chi connectivity index (χ0v) is 9.32. The van der Waals surface area contributed by atoms with Crippen LogP contribution in [0.5, 0.6) is 0 Å². The van der Waals surface area contributed by atoms with Crippen molar-refractivity contribution in [1.82, 2.24) is 10.3 Å². The van der Waals surface area contributed by atoms with Gasteiger partial charge in [-0.15, -0.1) is 0 Å². The molecular weight excluding hydrogens is 224 g/mol. The molecular formula is C10H14N4O3. The van der Waals surface area contributed by atoms with Crippen LogP contribution >= 0.6 is 0 Å². The second-order valence-electron chi connectivity index (χ2n) is 3.44. The van der Waals surface area contributed by atoms with Gasteiger partial charge < -0.3 is 15.6 Å². The van der Waals surface area contributed by atoms with E-state index in [1.807, 2.05) is 0 Å². The van der Waals surface area contributed by atoms with Gasteiger partial charge in [0.25, 0.3) is 5.91 Å². The lowest BCUT2D eigenvalue weighted by atomic mass is 10.1. The molecule has 2 amide bonds. The van der Waals surface area contributed by atoms with E-state index in [1.165, 1.54) is 6.20 Å². The Morgan fingerprint density at radius 3 is 2.76 bits per heavy atom. The van der Waals surface area contributed by atoms with Gasteiger partial charge in [-0.1, -0.05) is 6.92 Å². The minimum absolute atomic E-state index is 0.129. The number of hydrogen-bond acceptors (Lipinski definition) is 4. The molecule has 0 bridgehead atoms. The summed E-state index contributed by atoms with van der Waals surface area (Å²) in [6.45, 7) is 1.59. The first-order valence-corrected chi connectivity index (χ1v) is 5.02. The molecule has 92 valence electrons. The first-order valence-electron chi connectivity index (χ1n) is 5.02. The fourth-order valence-electron chi connectivity index (χ4n) is 1.09. The summed E-state index contributed by atoms with van der Waals surface area (Å²) >= 11 is 0. The van der Waals surface area contributed by atoms with Crippen molar-refractivity contribution in [3.63, 3.8) is 0 Å². The minimum atomic E-state index is -2.05. The number of anilines is 1. The number of nitrogens with two attached hydrogens (primary N) is 1. The van der Waals surface area contributed by atoms with Crippen molar-refractivity contribution in [2.45, 2.75) is 19.0 Å². The summed E-state index contributed by atoms with van der Waals surface area (Å²) < 4.78 is 0. The molecule has 7 nitrogen and oxygen atoms in total. The van der Waals surface area contributed by atoms with Crippen molar-refractivity contribution in [2.75, 3.05) is 5.32 Å². The van der Waals surface area contributed by atoms with Crippen LogP contribution in [-0.4, -0.2) is 28.7 Å². The van der Waals surface area contributed by atoms with Crippen molar-refractivity contribution >= 4 is 23.8 Å². The van der Waals surface area contributed by atoms with Gasteiger partial charge in [0.05, 0.1) is 5.69 Å². The molecule has 7 heteroatoms. The third kappa shape index (κ3) is 3.15. The number of aromatic amines is 1.